The predicted octanol–water partition coefficient (Wildman–Crippen LogP) is 3.57. The molecule has 2 N–H and O–H groups in total. The van der Waals surface area contributed by atoms with Gasteiger partial charge in [-0.3, -0.25) is 4.79 Å². The monoisotopic (exact) mass is 424 g/mol. The second-order valence-corrected chi connectivity index (χ2v) is 6.44. The maximum Gasteiger partial charge on any atom is 0.294 e. The Kier molecular flexibility index (Phi) is 4.20. The lowest BCUT2D eigenvalue weighted by Crippen LogP contribution is -2.13. The number of anilines is 2. The molecule has 0 saturated carbocycles. The van der Waals surface area contributed by atoms with Gasteiger partial charge in [0.05, 0.1) is 5.69 Å². The van der Waals surface area contributed by atoms with Crippen LogP contribution in [0.5, 0.6) is 0 Å². The Morgan fingerprint density at radius 2 is 2.00 bits per heavy atom. The van der Waals surface area contributed by atoms with E-state index in [9.17, 15) is 9.18 Å². The zero-order chi connectivity index (χ0) is 16.6. The number of aromatic nitrogens is 3. The lowest BCUT2D eigenvalue weighted by molar-refractivity contribution is 0.628. The summed E-state index contributed by atoms with van der Waals surface area (Å²) in [6, 6.07) is 10.1. The third kappa shape index (κ3) is 3.14. The topological polar surface area (TPSA) is 62.7 Å². The molecular weight excluding hydrogens is 410 g/mol. The van der Waals surface area contributed by atoms with Gasteiger partial charge in [0, 0.05) is 21.9 Å². The molecule has 23 heavy (non-hydrogen) atoms. The average molecular weight is 424 g/mol. The maximum absolute atomic E-state index is 13.7. The van der Waals surface area contributed by atoms with Crippen molar-refractivity contribution >= 4 is 34.0 Å². The minimum Gasteiger partial charge on any atom is -0.355 e. The van der Waals surface area contributed by atoms with Crippen molar-refractivity contribution < 1.29 is 4.39 Å². The lowest BCUT2D eigenvalue weighted by atomic mass is 10.1. The van der Waals surface area contributed by atoms with Crippen LogP contribution in [0.1, 0.15) is 5.56 Å². The van der Waals surface area contributed by atoms with Gasteiger partial charge in [-0.05, 0) is 71.5 Å². The van der Waals surface area contributed by atoms with Crippen molar-refractivity contribution in [2.75, 3.05) is 5.32 Å². The van der Waals surface area contributed by atoms with Crippen LogP contribution in [0.2, 0.25) is 0 Å². The van der Waals surface area contributed by atoms with E-state index < -0.39 is 0 Å². The second-order valence-electron chi connectivity index (χ2n) is 5.20. The fourth-order valence-electron chi connectivity index (χ4n) is 2.29. The van der Waals surface area contributed by atoms with Gasteiger partial charge in [-0.1, -0.05) is 0 Å². The van der Waals surface area contributed by atoms with Gasteiger partial charge in [-0.25, -0.2) is 14.3 Å². The molecular formula is C16H14FIN4O. The molecule has 5 nitrogen and oxygen atoms in total. The van der Waals surface area contributed by atoms with Crippen LogP contribution >= 0.6 is 22.6 Å². The first-order valence-corrected chi connectivity index (χ1v) is 7.98. The molecule has 1 heterocycles. The van der Waals surface area contributed by atoms with E-state index in [1.54, 1.807) is 13.1 Å². The van der Waals surface area contributed by atoms with E-state index in [0.717, 1.165) is 14.8 Å². The Labute approximate surface area is 145 Å². The number of halogens is 2. The summed E-state index contributed by atoms with van der Waals surface area (Å²) in [5.74, 6) is -0.383. The molecule has 0 radical (unpaired) electrons. The number of H-pyrrole nitrogens is 1. The minimum absolute atomic E-state index is 0.248. The van der Waals surface area contributed by atoms with Crippen LogP contribution in [-0.2, 0) is 7.05 Å². The Morgan fingerprint density at radius 1 is 1.22 bits per heavy atom. The highest BCUT2D eigenvalue weighted by atomic mass is 127. The van der Waals surface area contributed by atoms with Gasteiger partial charge < -0.3 is 5.32 Å². The maximum atomic E-state index is 13.7. The van der Waals surface area contributed by atoms with E-state index >= 15 is 0 Å². The van der Waals surface area contributed by atoms with Gasteiger partial charge in [0.2, 0.25) is 0 Å². The van der Waals surface area contributed by atoms with Gasteiger partial charge in [-0.15, -0.1) is 0 Å². The second kappa shape index (κ2) is 6.15. The molecule has 0 aliphatic carbocycles. The summed E-state index contributed by atoms with van der Waals surface area (Å²) in [6.45, 7) is 1.97. The van der Waals surface area contributed by atoms with E-state index in [4.69, 9.17) is 0 Å². The molecule has 0 saturated heterocycles. The largest absolute Gasteiger partial charge is 0.355 e. The van der Waals surface area contributed by atoms with E-state index in [1.807, 2.05) is 25.1 Å². The van der Waals surface area contributed by atoms with Gasteiger partial charge in [0.25, 0.3) is 5.56 Å². The molecule has 0 spiro atoms. The number of nitrogens with one attached hydrogen (secondary N) is 2. The van der Waals surface area contributed by atoms with Crippen molar-refractivity contribution in [1.29, 1.82) is 0 Å². The Balaban J connectivity index is 2.10. The summed E-state index contributed by atoms with van der Waals surface area (Å²) >= 11 is 2.24. The SMILES string of the molecule is Cc1cc(I)ccc1Nc1cc(F)ccc1-c1n[nH]n(C)c1=O. The molecule has 0 amide bonds. The summed E-state index contributed by atoms with van der Waals surface area (Å²) in [7, 11) is 1.58. The first kappa shape index (κ1) is 15.7. The fourth-order valence-corrected chi connectivity index (χ4v) is 2.94. The van der Waals surface area contributed by atoms with Crippen LogP contribution in [0.25, 0.3) is 11.3 Å². The molecule has 118 valence electrons. The molecule has 0 atom stereocenters. The number of hydrogen-bond acceptors (Lipinski definition) is 3. The number of nitrogens with zero attached hydrogens (tertiary/aromatic N) is 2. The zero-order valence-corrected chi connectivity index (χ0v) is 14.7. The van der Waals surface area contributed by atoms with E-state index in [0.29, 0.717) is 11.3 Å². The molecule has 1 aromatic heterocycles. The van der Waals surface area contributed by atoms with Gasteiger partial charge in [-0.2, -0.15) is 5.10 Å². The molecule has 0 bridgehead atoms. The van der Waals surface area contributed by atoms with Crippen molar-refractivity contribution in [1.82, 2.24) is 15.0 Å². The Bertz CT molecular complexity index is 932. The van der Waals surface area contributed by atoms with Gasteiger partial charge in [0.15, 0.2) is 5.69 Å². The van der Waals surface area contributed by atoms with Crippen molar-refractivity contribution in [3.63, 3.8) is 0 Å². The van der Waals surface area contributed by atoms with E-state index in [-0.39, 0.29) is 17.1 Å². The number of aromatic amines is 1. The highest BCUT2D eigenvalue weighted by molar-refractivity contribution is 14.1. The van der Waals surface area contributed by atoms with Crippen LogP contribution < -0.4 is 10.9 Å². The third-order valence-electron chi connectivity index (χ3n) is 3.51. The summed E-state index contributed by atoms with van der Waals surface area (Å²) in [4.78, 5) is 12.1. The molecule has 3 rings (SSSR count). The van der Waals surface area contributed by atoms with Crippen LogP contribution in [0.3, 0.4) is 0 Å². The summed E-state index contributed by atoms with van der Waals surface area (Å²) in [5, 5.41) is 9.81. The Hall–Kier alpha value is -2.16. The predicted molar refractivity (Wildman–Crippen MR) is 96.4 cm³/mol. The molecule has 0 unspecified atom stereocenters. The number of aryl methyl sites for hydroxylation is 2. The summed E-state index contributed by atoms with van der Waals surface area (Å²) in [5.41, 5.74) is 2.91. The molecule has 7 heteroatoms. The first-order chi connectivity index (χ1) is 11.0. The summed E-state index contributed by atoms with van der Waals surface area (Å²) in [6.07, 6.45) is 0. The molecule has 0 aliphatic heterocycles. The highest BCUT2D eigenvalue weighted by Gasteiger charge is 2.14. The molecule has 0 aliphatic rings. The van der Waals surface area contributed by atoms with Crippen molar-refractivity contribution in [2.45, 2.75) is 6.92 Å². The van der Waals surface area contributed by atoms with Crippen molar-refractivity contribution in [2.24, 2.45) is 7.05 Å². The highest BCUT2D eigenvalue weighted by Crippen LogP contribution is 2.30. The van der Waals surface area contributed by atoms with Crippen molar-refractivity contribution in [3.8, 4) is 11.3 Å². The third-order valence-corrected chi connectivity index (χ3v) is 4.18. The first-order valence-electron chi connectivity index (χ1n) is 6.90. The Morgan fingerprint density at radius 3 is 2.65 bits per heavy atom. The number of benzene rings is 2. The van der Waals surface area contributed by atoms with Crippen LogP contribution in [0, 0.1) is 16.3 Å². The minimum atomic E-state index is -0.383. The zero-order valence-electron chi connectivity index (χ0n) is 12.5. The number of rotatable bonds is 3. The smallest absolute Gasteiger partial charge is 0.294 e. The lowest BCUT2D eigenvalue weighted by Gasteiger charge is -2.13. The molecule has 0 fully saturated rings. The van der Waals surface area contributed by atoms with Crippen LogP contribution in [-0.4, -0.2) is 15.0 Å². The summed E-state index contributed by atoms with van der Waals surface area (Å²) < 4.78 is 16.1. The standard InChI is InChI=1S/C16H14FIN4O/c1-9-7-11(18)4-6-13(9)19-14-8-10(17)3-5-12(14)15-16(23)22(2)21-20-15/h3-8,19,21H,1-2H3. The van der Waals surface area contributed by atoms with Crippen molar-refractivity contribution in [3.05, 3.63) is 61.7 Å². The average Bonchev–Trinajstić information content (AvgIpc) is 2.82. The molecule has 2 aromatic carbocycles. The van der Waals surface area contributed by atoms with Gasteiger partial charge >= 0.3 is 0 Å². The molecule has 3 aromatic rings. The number of hydrogen-bond donors (Lipinski definition) is 2. The van der Waals surface area contributed by atoms with Crippen LogP contribution in [0.15, 0.2) is 41.2 Å². The van der Waals surface area contributed by atoms with Gasteiger partial charge in [0.1, 0.15) is 5.82 Å². The normalized spacial score (nSPS) is 10.8. The fraction of sp³-hybridized carbons (Fsp3) is 0.125. The van der Waals surface area contributed by atoms with E-state index in [2.05, 4.69) is 38.2 Å². The quantitative estimate of drug-likeness (QED) is 0.633. The van der Waals surface area contributed by atoms with Crippen LogP contribution in [0.4, 0.5) is 15.8 Å². The van der Waals surface area contributed by atoms with E-state index in [1.165, 1.54) is 16.8 Å².